The predicted molar refractivity (Wildman–Crippen MR) is 93.9 cm³/mol. The van der Waals surface area contributed by atoms with Crippen molar-refractivity contribution in [3.8, 4) is 11.4 Å². The largest absolute Gasteiger partial charge is 0.339 e. The molecule has 7 heteroatoms. The van der Waals surface area contributed by atoms with E-state index in [1.165, 1.54) is 0 Å². The van der Waals surface area contributed by atoms with E-state index in [4.69, 9.17) is 27.7 Å². The van der Waals surface area contributed by atoms with E-state index in [2.05, 4.69) is 15.1 Å². The fraction of sp³-hybridized carbons (Fsp3) is 0.188. The van der Waals surface area contributed by atoms with Crippen molar-refractivity contribution in [1.29, 1.82) is 0 Å². The SMILES string of the molecule is Clc1ccc(CSCCc2nc(-c3ccncc3)no2)cc1Cl. The van der Waals surface area contributed by atoms with Crippen molar-refractivity contribution in [2.75, 3.05) is 5.75 Å². The smallest absolute Gasteiger partial charge is 0.227 e. The molecule has 0 saturated heterocycles. The molecule has 0 saturated carbocycles. The number of hydrogen-bond donors (Lipinski definition) is 0. The zero-order chi connectivity index (χ0) is 16.1. The minimum atomic E-state index is 0.579. The number of hydrogen-bond acceptors (Lipinski definition) is 5. The van der Waals surface area contributed by atoms with E-state index in [0.717, 1.165) is 29.1 Å². The van der Waals surface area contributed by atoms with Gasteiger partial charge in [0.1, 0.15) is 0 Å². The summed E-state index contributed by atoms with van der Waals surface area (Å²) >= 11 is 13.7. The molecule has 3 rings (SSSR count). The van der Waals surface area contributed by atoms with Crippen LogP contribution >= 0.6 is 35.0 Å². The van der Waals surface area contributed by atoms with Gasteiger partial charge in [0.2, 0.25) is 11.7 Å². The highest BCUT2D eigenvalue weighted by Gasteiger charge is 2.08. The van der Waals surface area contributed by atoms with Crippen LogP contribution in [0.1, 0.15) is 11.5 Å². The monoisotopic (exact) mass is 365 g/mol. The van der Waals surface area contributed by atoms with Gasteiger partial charge in [0.15, 0.2) is 0 Å². The van der Waals surface area contributed by atoms with Crippen molar-refractivity contribution < 1.29 is 4.52 Å². The van der Waals surface area contributed by atoms with Crippen molar-refractivity contribution in [3.63, 3.8) is 0 Å². The number of pyridine rings is 1. The summed E-state index contributed by atoms with van der Waals surface area (Å²) in [6.07, 6.45) is 4.14. The van der Waals surface area contributed by atoms with Gasteiger partial charge in [-0.05, 0) is 29.8 Å². The molecule has 0 bridgehead atoms. The van der Waals surface area contributed by atoms with Crippen LogP contribution < -0.4 is 0 Å². The molecule has 0 N–H and O–H groups in total. The Morgan fingerprint density at radius 3 is 2.65 bits per heavy atom. The van der Waals surface area contributed by atoms with E-state index in [9.17, 15) is 0 Å². The standard InChI is InChI=1S/C16H13Cl2N3OS/c17-13-2-1-11(9-14(13)18)10-23-8-5-15-20-16(21-22-15)12-3-6-19-7-4-12/h1-4,6-7,9H,5,8,10H2. The molecule has 0 aliphatic rings. The van der Waals surface area contributed by atoms with Crippen LogP contribution in [0.25, 0.3) is 11.4 Å². The maximum atomic E-state index is 6.00. The first-order chi connectivity index (χ1) is 11.2. The lowest BCUT2D eigenvalue weighted by Gasteiger charge is -2.02. The van der Waals surface area contributed by atoms with E-state index in [1.54, 1.807) is 24.2 Å². The Morgan fingerprint density at radius 1 is 1.04 bits per heavy atom. The summed E-state index contributed by atoms with van der Waals surface area (Å²) in [5, 5.41) is 5.15. The molecule has 1 aromatic carbocycles. The van der Waals surface area contributed by atoms with Crippen LogP contribution in [-0.4, -0.2) is 20.9 Å². The van der Waals surface area contributed by atoms with Gasteiger partial charge in [-0.15, -0.1) is 0 Å². The number of aromatic nitrogens is 3. The quantitative estimate of drug-likeness (QED) is 0.580. The van der Waals surface area contributed by atoms with Gasteiger partial charge >= 0.3 is 0 Å². The summed E-state index contributed by atoms with van der Waals surface area (Å²) in [5.74, 6) is 2.98. The highest BCUT2D eigenvalue weighted by Crippen LogP contribution is 2.25. The Balaban J connectivity index is 1.49. The number of benzene rings is 1. The second-order valence-electron chi connectivity index (χ2n) is 4.80. The Bertz CT molecular complexity index is 780. The topological polar surface area (TPSA) is 51.8 Å². The molecule has 0 unspecified atom stereocenters. The molecule has 23 heavy (non-hydrogen) atoms. The van der Waals surface area contributed by atoms with Gasteiger partial charge < -0.3 is 4.52 Å². The molecule has 0 spiro atoms. The number of thioether (sulfide) groups is 1. The van der Waals surface area contributed by atoms with E-state index in [-0.39, 0.29) is 0 Å². The summed E-state index contributed by atoms with van der Waals surface area (Å²) in [7, 11) is 0. The van der Waals surface area contributed by atoms with Gasteiger partial charge in [-0.2, -0.15) is 16.7 Å². The van der Waals surface area contributed by atoms with Gasteiger partial charge in [0.05, 0.1) is 10.0 Å². The van der Waals surface area contributed by atoms with Crippen LogP contribution in [0.15, 0.2) is 47.2 Å². The van der Waals surface area contributed by atoms with Crippen molar-refractivity contribution in [2.45, 2.75) is 12.2 Å². The molecular formula is C16H13Cl2N3OS. The molecule has 0 radical (unpaired) electrons. The van der Waals surface area contributed by atoms with E-state index in [0.29, 0.717) is 21.8 Å². The van der Waals surface area contributed by atoms with Crippen molar-refractivity contribution in [3.05, 3.63) is 64.2 Å². The van der Waals surface area contributed by atoms with Crippen LogP contribution in [0.3, 0.4) is 0 Å². The van der Waals surface area contributed by atoms with Gasteiger partial charge in [0, 0.05) is 35.9 Å². The summed E-state index contributed by atoms with van der Waals surface area (Å²) in [6, 6.07) is 9.40. The van der Waals surface area contributed by atoms with Gasteiger partial charge in [-0.1, -0.05) is 34.4 Å². The predicted octanol–water partition coefficient (Wildman–Crippen LogP) is 4.91. The Labute approximate surface area is 148 Å². The van der Waals surface area contributed by atoms with Crippen LogP contribution in [0.4, 0.5) is 0 Å². The molecular weight excluding hydrogens is 353 g/mol. The maximum Gasteiger partial charge on any atom is 0.227 e. The lowest BCUT2D eigenvalue weighted by molar-refractivity contribution is 0.383. The van der Waals surface area contributed by atoms with Crippen molar-refractivity contribution in [2.24, 2.45) is 0 Å². The minimum absolute atomic E-state index is 0.579. The first kappa shape index (κ1) is 16.3. The average Bonchev–Trinajstić information content (AvgIpc) is 3.05. The van der Waals surface area contributed by atoms with Crippen molar-refractivity contribution in [1.82, 2.24) is 15.1 Å². The molecule has 0 fully saturated rings. The maximum absolute atomic E-state index is 6.00. The first-order valence-corrected chi connectivity index (χ1v) is 8.88. The van der Waals surface area contributed by atoms with Gasteiger partial charge in [-0.25, -0.2) is 0 Å². The number of halogens is 2. The minimum Gasteiger partial charge on any atom is -0.339 e. The molecule has 2 aromatic heterocycles. The fourth-order valence-corrected chi connectivity index (χ4v) is 3.15. The van der Waals surface area contributed by atoms with Crippen molar-refractivity contribution >= 4 is 35.0 Å². The zero-order valence-corrected chi connectivity index (χ0v) is 14.4. The van der Waals surface area contributed by atoms with E-state index < -0.39 is 0 Å². The fourth-order valence-electron chi connectivity index (χ4n) is 1.95. The van der Waals surface area contributed by atoms with Gasteiger partial charge in [0.25, 0.3) is 0 Å². The third kappa shape index (κ3) is 4.47. The molecule has 0 amide bonds. The van der Waals surface area contributed by atoms with Crippen LogP contribution in [-0.2, 0) is 12.2 Å². The first-order valence-electron chi connectivity index (χ1n) is 6.97. The second kappa shape index (κ2) is 7.81. The summed E-state index contributed by atoms with van der Waals surface area (Å²) < 4.78 is 5.27. The normalized spacial score (nSPS) is 10.9. The van der Waals surface area contributed by atoms with Crippen LogP contribution in [0, 0.1) is 0 Å². The second-order valence-corrected chi connectivity index (χ2v) is 6.72. The number of nitrogens with zero attached hydrogens (tertiary/aromatic N) is 3. The molecule has 0 aliphatic heterocycles. The Kier molecular flexibility index (Phi) is 5.54. The summed E-state index contributed by atoms with van der Waals surface area (Å²) in [5.41, 5.74) is 2.05. The Hall–Kier alpha value is -1.56. The highest BCUT2D eigenvalue weighted by molar-refractivity contribution is 7.98. The Morgan fingerprint density at radius 2 is 1.87 bits per heavy atom. The third-order valence-corrected chi connectivity index (χ3v) is 4.89. The lowest BCUT2D eigenvalue weighted by Crippen LogP contribution is -1.90. The van der Waals surface area contributed by atoms with E-state index in [1.807, 2.05) is 30.3 Å². The molecule has 4 nitrogen and oxygen atoms in total. The number of rotatable bonds is 6. The molecule has 2 heterocycles. The molecule has 0 aliphatic carbocycles. The summed E-state index contributed by atoms with van der Waals surface area (Å²) in [4.78, 5) is 8.36. The number of aryl methyl sites for hydroxylation is 1. The lowest BCUT2D eigenvalue weighted by atomic mass is 10.2. The molecule has 118 valence electrons. The molecule has 0 atom stereocenters. The van der Waals surface area contributed by atoms with Crippen LogP contribution in [0.2, 0.25) is 10.0 Å². The zero-order valence-electron chi connectivity index (χ0n) is 12.1. The molecule has 3 aromatic rings. The van der Waals surface area contributed by atoms with Crippen LogP contribution in [0.5, 0.6) is 0 Å². The van der Waals surface area contributed by atoms with E-state index >= 15 is 0 Å². The average molecular weight is 366 g/mol. The highest BCUT2D eigenvalue weighted by atomic mass is 35.5. The summed E-state index contributed by atoms with van der Waals surface area (Å²) in [6.45, 7) is 0. The third-order valence-electron chi connectivity index (χ3n) is 3.12. The van der Waals surface area contributed by atoms with Gasteiger partial charge in [-0.3, -0.25) is 4.98 Å².